The van der Waals surface area contributed by atoms with E-state index >= 15 is 0 Å². The minimum atomic E-state index is 0.445. The van der Waals surface area contributed by atoms with Crippen molar-refractivity contribution in [1.29, 1.82) is 0 Å². The minimum Gasteiger partial charge on any atom is -0.368 e. The van der Waals surface area contributed by atoms with Crippen LogP contribution in [0, 0.1) is 11.3 Å². The van der Waals surface area contributed by atoms with Crippen LogP contribution in [-0.2, 0) is 0 Å². The van der Waals surface area contributed by atoms with Crippen molar-refractivity contribution in [2.45, 2.75) is 26.7 Å². The van der Waals surface area contributed by atoms with Gasteiger partial charge in [-0.05, 0) is 40.1 Å². The van der Waals surface area contributed by atoms with Crippen LogP contribution in [-0.4, -0.2) is 16.5 Å². The molecule has 1 fully saturated rings. The van der Waals surface area contributed by atoms with Gasteiger partial charge >= 0.3 is 0 Å². The molecule has 0 spiro atoms. The van der Waals surface area contributed by atoms with E-state index in [0.717, 1.165) is 16.8 Å². The lowest BCUT2D eigenvalue weighted by molar-refractivity contribution is 0.380. The second-order valence-corrected chi connectivity index (χ2v) is 5.69. The van der Waals surface area contributed by atoms with E-state index in [-0.39, 0.29) is 0 Å². The molecule has 17 heavy (non-hydrogen) atoms. The molecular formula is C11H18BrN5. The number of nitrogens with two attached hydrogens (primary N) is 1. The van der Waals surface area contributed by atoms with E-state index in [0.29, 0.717) is 17.2 Å². The van der Waals surface area contributed by atoms with Crippen molar-refractivity contribution < 1.29 is 0 Å². The highest BCUT2D eigenvalue weighted by atomic mass is 79.9. The Morgan fingerprint density at radius 3 is 2.59 bits per heavy atom. The maximum absolute atomic E-state index is 5.36. The number of aromatic nitrogens is 2. The molecule has 1 saturated carbocycles. The first-order chi connectivity index (χ1) is 8.09. The van der Waals surface area contributed by atoms with Gasteiger partial charge in [0, 0.05) is 6.54 Å². The molecule has 1 aliphatic carbocycles. The van der Waals surface area contributed by atoms with Gasteiger partial charge in [0.15, 0.2) is 5.82 Å². The highest BCUT2D eigenvalue weighted by molar-refractivity contribution is 9.10. The van der Waals surface area contributed by atoms with Crippen molar-refractivity contribution in [3.05, 3.63) is 10.8 Å². The van der Waals surface area contributed by atoms with E-state index < -0.39 is 0 Å². The summed E-state index contributed by atoms with van der Waals surface area (Å²) < 4.78 is 0.780. The zero-order valence-electron chi connectivity index (χ0n) is 10.1. The summed E-state index contributed by atoms with van der Waals surface area (Å²) in [6.45, 7) is 5.50. The number of hydrazine groups is 1. The van der Waals surface area contributed by atoms with Gasteiger partial charge in [-0.2, -0.15) is 0 Å². The molecule has 0 bridgehead atoms. The Hall–Kier alpha value is -0.880. The normalized spacial score (nSPS) is 17.0. The molecule has 1 heterocycles. The number of hydrogen-bond donors (Lipinski definition) is 3. The van der Waals surface area contributed by atoms with E-state index in [2.05, 4.69) is 50.5 Å². The van der Waals surface area contributed by atoms with Crippen LogP contribution in [0.3, 0.4) is 0 Å². The standard InChI is InChI=1S/C11H18BrN5/c1-7(2)11(3-4-11)5-14-9-8(12)10(17-13)16-6-15-9/h6-7H,3-5,13H2,1-2H3,(H2,14,15,16,17). The van der Waals surface area contributed by atoms with Gasteiger partial charge in [0.05, 0.1) is 0 Å². The Morgan fingerprint density at radius 1 is 1.41 bits per heavy atom. The second-order valence-electron chi connectivity index (χ2n) is 4.90. The smallest absolute Gasteiger partial charge is 0.159 e. The summed E-state index contributed by atoms with van der Waals surface area (Å²) >= 11 is 3.44. The zero-order valence-corrected chi connectivity index (χ0v) is 11.7. The van der Waals surface area contributed by atoms with Crippen molar-refractivity contribution >= 4 is 27.6 Å². The lowest BCUT2D eigenvalue weighted by Gasteiger charge is -2.20. The van der Waals surface area contributed by atoms with Crippen LogP contribution in [0.1, 0.15) is 26.7 Å². The molecule has 6 heteroatoms. The Kier molecular flexibility index (Phi) is 3.53. The highest BCUT2D eigenvalue weighted by Crippen LogP contribution is 2.51. The van der Waals surface area contributed by atoms with Crippen molar-refractivity contribution in [3.8, 4) is 0 Å². The lowest BCUT2D eigenvalue weighted by atomic mass is 9.92. The van der Waals surface area contributed by atoms with Crippen molar-refractivity contribution in [2.24, 2.45) is 17.2 Å². The van der Waals surface area contributed by atoms with Crippen LogP contribution in [0.25, 0.3) is 0 Å². The minimum absolute atomic E-state index is 0.445. The predicted molar refractivity (Wildman–Crippen MR) is 72.5 cm³/mol. The fourth-order valence-electron chi connectivity index (χ4n) is 1.97. The van der Waals surface area contributed by atoms with Gasteiger partial charge < -0.3 is 10.7 Å². The van der Waals surface area contributed by atoms with Crippen LogP contribution in [0.4, 0.5) is 11.6 Å². The molecule has 2 rings (SSSR count). The molecule has 5 nitrogen and oxygen atoms in total. The molecule has 1 aliphatic rings. The Balaban J connectivity index is 2.05. The van der Waals surface area contributed by atoms with Crippen LogP contribution in [0.15, 0.2) is 10.8 Å². The molecule has 1 aromatic heterocycles. The van der Waals surface area contributed by atoms with Crippen molar-refractivity contribution in [2.75, 3.05) is 17.3 Å². The van der Waals surface area contributed by atoms with E-state index in [1.807, 2.05) is 0 Å². The fourth-order valence-corrected chi connectivity index (χ4v) is 2.43. The van der Waals surface area contributed by atoms with Gasteiger partial charge in [-0.25, -0.2) is 15.8 Å². The van der Waals surface area contributed by atoms with Crippen LogP contribution in [0.2, 0.25) is 0 Å². The van der Waals surface area contributed by atoms with Gasteiger partial charge in [-0.3, -0.25) is 0 Å². The first kappa shape index (κ1) is 12.6. The second kappa shape index (κ2) is 4.78. The molecule has 1 aromatic rings. The molecule has 0 radical (unpaired) electrons. The maximum Gasteiger partial charge on any atom is 0.159 e. The molecule has 4 N–H and O–H groups in total. The van der Waals surface area contributed by atoms with Crippen molar-refractivity contribution in [3.63, 3.8) is 0 Å². The van der Waals surface area contributed by atoms with Crippen LogP contribution < -0.4 is 16.6 Å². The van der Waals surface area contributed by atoms with Gasteiger partial charge in [0.25, 0.3) is 0 Å². The molecule has 94 valence electrons. The Bertz CT molecular complexity index is 403. The zero-order chi connectivity index (χ0) is 12.5. The highest BCUT2D eigenvalue weighted by Gasteiger charge is 2.45. The number of nitrogen functional groups attached to an aromatic ring is 1. The summed E-state index contributed by atoms with van der Waals surface area (Å²) in [6.07, 6.45) is 4.09. The van der Waals surface area contributed by atoms with E-state index in [4.69, 9.17) is 5.84 Å². The summed E-state index contributed by atoms with van der Waals surface area (Å²) in [6, 6.07) is 0. The number of halogens is 1. The van der Waals surface area contributed by atoms with Gasteiger partial charge in [0.1, 0.15) is 16.6 Å². The number of nitrogens with zero attached hydrogens (tertiary/aromatic N) is 2. The Morgan fingerprint density at radius 2 is 2.06 bits per heavy atom. The third-order valence-electron chi connectivity index (χ3n) is 3.65. The average Bonchev–Trinajstić information content (AvgIpc) is 3.09. The largest absolute Gasteiger partial charge is 0.368 e. The number of anilines is 2. The first-order valence-electron chi connectivity index (χ1n) is 5.80. The lowest BCUT2D eigenvalue weighted by Crippen LogP contribution is -2.22. The monoisotopic (exact) mass is 299 g/mol. The van der Waals surface area contributed by atoms with E-state index in [1.165, 1.54) is 19.2 Å². The van der Waals surface area contributed by atoms with Gasteiger partial charge in [-0.15, -0.1) is 0 Å². The molecular weight excluding hydrogens is 282 g/mol. The summed E-state index contributed by atoms with van der Waals surface area (Å²) in [5.74, 6) is 7.45. The SMILES string of the molecule is CC(C)C1(CNc2ncnc(NN)c2Br)CC1. The average molecular weight is 300 g/mol. The van der Waals surface area contributed by atoms with E-state index in [9.17, 15) is 0 Å². The van der Waals surface area contributed by atoms with Crippen LogP contribution >= 0.6 is 15.9 Å². The van der Waals surface area contributed by atoms with Crippen molar-refractivity contribution in [1.82, 2.24) is 9.97 Å². The summed E-state index contributed by atoms with van der Waals surface area (Å²) in [7, 11) is 0. The predicted octanol–water partition coefficient (Wildman–Crippen LogP) is 2.37. The third-order valence-corrected chi connectivity index (χ3v) is 4.40. The summed E-state index contributed by atoms with van der Waals surface area (Å²) in [5, 5.41) is 3.38. The van der Waals surface area contributed by atoms with E-state index in [1.54, 1.807) is 0 Å². The first-order valence-corrected chi connectivity index (χ1v) is 6.59. The molecule has 0 aromatic carbocycles. The quantitative estimate of drug-likeness (QED) is 0.575. The fraction of sp³-hybridized carbons (Fsp3) is 0.636. The third kappa shape index (κ3) is 2.52. The topological polar surface area (TPSA) is 75.9 Å². The molecule has 0 amide bonds. The molecule has 0 aliphatic heterocycles. The summed E-state index contributed by atoms with van der Waals surface area (Å²) in [5.41, 5.74) is 2.98. The molecule has 0 atom stereocenters. The summed E-state index contributed by atoms with van der Waals surface area (Å²) in [4.78, 5) is 8.23. The van der Waals surface area contributed by atoms with Gasteiger partial charge in [0.2, 0.25) is 0 Å². The van der Waals surface area contributed by atoms with Crippen LogP contribution in [0.5, 0.6) is 0 Å². The molecule has 0 saturated heterocycles. The number of hydrogen-bond acceptors (Lipinski definition) is 5. The molecule has 0 unspecified atom stereocenters. The number of nitrogens with one attached hydrogen (secondary N) is 2. The maximum atomic E-state index is 5.36. The van der Waals surface area contributed by atoms with Gasteiger partial charge in [-0.1, -0.05) is 13.8 Å². The Labute approximate surface area is 110 Å². The number of rotatable bonds is 5.